The van der Waals surface area contributed by atoms with Gasteiger partial charge in [-0.15, -0.1) is 10.2 Å². The van der Waals surface area contributed by atoms with Gasteiger partial charge in [-0.05, 0) is 25.3 Å². The molecular weight excluding hydrogens is 272 g/mol. The second-order valence-electron chi connectivity index (χ2n) is 6.50. The predicted molar refractivity (Wildman–Crippen MR) is 80.3 cm³/mol. The second kappa shape index (κ2) is 6.18. The molecule has 0 bridgehead atoms. The van der Waals surface area contributed by atoms with E-state index in [9.17, 15) is 4.79 Å². The Labute approximate surface area is 124 Å². The summed E-state index contributed by atoms with van der Waals surface area (Å²) in [6.07, 6.45) is 3.13. The van der Waals surface area contributed by atoms with Gasteiger partial charge in [0.05, 0.1) is 6.54 Å². The molecule has 0 saturated heterocycles. The molecule has 1 aliphatic rings. The highest BCUT2D eigenvalue weighted by molar-refractivity contribution is 7.11. The van der Waals surface area contributed by atoms with Crippen LogP contribution in [-0.2, 0) is 16.8 Å². The molecule has 1 aliphatic carbocycles. The Morgan fingerprint density at radius 2 is 2.15 bits per heavy atom. The van der Waals surface area contributed by atoms with Gasteiger partial charge in [0, 0.05) is 11.3 Å². The molecule has 2 rings (SSSR count). The Kier molecular flexibility index (Phi) is 4.75. The Morgan fingerprint density at radius 1 is 1.40 bits per heavy atom. The van der Waals surface area contributed by atoms with Crippen LogP contribution in [0.3, 0.4) is 0 Å². The van der Waals surface area contributed by atoms with E-state index in [-0.39, 0.29) is 17.2 Å². The van der Waals surface area contributed by atoms with Crippen LogP contribution in [0.4, 0.5) is 0 Å². The Balaban J connectivity index is 1.89. The molecule has 20 heavy (non-hydrogen) atoms. The summed E-state index contributed by atoms with van der Waals surface area (Å²) >= 11 is 1.57. The van der Waals surface area contributed by atoms with Crippen molar-refractivity contribution in [3.8, 4) is 0 Å². The quantitative estimate of drug-likeness (QED) is 0.888. The number of aromatic nitrogens is 2. The third kappa shape index (κ3) is 3.55. The third-order valence-corrected chi connectivity index (χ3v) is 5.17. The number of rotatable bonds is 4. The molecular formula is C14H24N4OS. The van der Waals surface area contributed by atoms with E-state index in [1.165, 1.54) is 0 Å². The van der Waals surface area contributed by atoms with Gasteiger partial charge in [0.1, 0.15) is 10.0 Å². The van der Waals surface area contributed by atoms with Crippen molar-refractivity contribution < 1.29 is 4.79 Å². The summed E-state index contributed by atoms with van der Waals surface area (Å²) in [5.74, 6) is 0.537. The molecule has 0 radical (unpaired) electrons. The zero-order valence-electron chi connectivity index (χ0n) is 12.5. The molecule has 1 fully saturated rings. The van der Waals surface area contributed by atoms with Gasteiger partial charge < -0.3 is 11.1 Å². The predicted octanol–water partition coefficient (Wildman–Crippen LogP) is 1.83. The number of nitrogens with zero attached hydrogens (tertiary/aromatic N) is 2. The van der Waals surface area contributed by atoms with E-state index in [1.54, 1.807) is 11.3 Å². The van der Waals surface area contributed by atoms with Crippen molar-refractivity contribution in [2.24, 2.45) is 17.6 Å². The molecule has 112 valence electrons. The summed E-state index contributed by atoms with van der Waals surface area (Å²) in [4.78, 5) is 12.2. The molecule has 0 aromatic carbocycles. The summed E-state index contributed by atoms with van der Waals surface area (Å²) in [5, 5.41) is 13.2. The van der Waals surface area contributed by atoms with Gasteiger partial charge in [-0.25, -0.2) is 0 Å². The molecule has 1 heterocycles. The van der Waals surface area contributed by atoms with Crippen molar-refractivity contribution in [3.05, 3.63) is 10.0 Å². The minimum atomic E-state index is 0.00994. The number of nitrogens with two attached hydrogens (primary N) is 1. The van der Waals surface area contributed by atoms with E-state index < -0.39 is 0 Å². The highest BCUT2D eigenvalue weighted by atomic mass is 32.1. The Morgan fingerprint density at radius 3 is 2.75 bits per heavy atom. The van der Waals surface area contributed by atoms with Gasteiger partial charge in [0.15, 0.2) is 0 Å². The van der Waals surface area contributed by atoms with Crippen LogP contribution in [0, 0.1) is 11.8 Å². The van der Waals surface area contributed by atoms with E-state index in [4.69, 9.17) is 5.73 Å². The summed E-state index contributed by atoms with van der Waals surface area (Å²) < 4.78 is 0. The lowest BCUT2D eigenvalue weighted by molar-refractivity contribution is -0.126. The highest BCUT2D eigenvalue weighted by Gasteiger charge is 2.31. The second-order valence-corrected chi connectivity index (χ2v) is 7.56. The van der Waals surface area contributed by atoms with Crippen LogP contribution in [0.25, 0.3) is 0 Å². The lowest BCUT2D eigenvalue weighted by atomic mass is 9.95. The standard InChI is InChI=1S/C14H24N4OS/c1-14(2,3)13-18-17-11(20-13)8-16-12(19)10-6-4-5-9(10)7-15/h9-10H,4-8,15H2,1-3H3,(H,16,19)/t9-,10-/m1/s1. The van der Waals surface area contributed by atoms with Gasteiger partial charge in [0.25, 0.3) is 0 Å². The number of amides is 1. The van der Waals surface area contributed by atoms with Crippen LogP contribution in [0.1, 0.15) is 50.0 Å². The first-order valence-corrected chi connectivity index (χ1v) is 8.04. The zero-order valence-corrected chi connectivity index (χ0v) is 13.3. The van der Waals surface area contributed by atoms with Crippen molar-refractivity contribution in [2.75, 3.05) is 6.54 Å². The van der Waals surface area contributed by atoms with Crippen molar-refractivity contribution in [1.82, 2.24) is 15.5 Å². The summed E-state index contributed by atoms with van der Waals surface area (Å²) in [6, 6.07) is 0. The van der Waals surface area contributed by atoms with Gasteiger partial charge in [-0.1, -0.05) is 38.5 Å². The molecule has 1 aromatic heterocycles. The molecule has 1 amide bonds. The topological polar surface area (TPSA) is 80.9 Å². The summed E-state index contributed by atoms with van der Waals surface area (Å²) in [7, 11) is 0. The first kappa shape index (κ1) is 15.4. The molecule has 5 nitrogen and oxygen atoms in total. The normalized spacial score (nSPS) is 23.0. The minimum absolute atomic E-state index is 0.00994. The van der Waals surface area contributed by atoms with Crippen LogP contribution < -0.4 is 11.1 Å². The molecule has 3 N–H and O–H groups in total. The molecule has 6 heteroatoms. The molecule has 0 spiro atoms. The van der Waals surface area contributed by atoms with E-state index >= 15 is 0 Å². The maximum Gasteiger partial charge on any atom is 0.223 e. The smallest absolute Gasteiger partial charge is 0.223 e. The van der Waals surface area contributed by atoms with E-state index in [1.807, 2.05) is 0 Å². The average molecular weight is 296 g/mol. The van der Waals surface area contributed by atoms with Crippen molar-refractivity contribution in [2.45, 2.75) is 52.0 Å². The number of nitrogens with one attached hydrogen (secondary N) is 1. The van der Waals surface area contributed by atoms with Crippen LogP contribution in [0.5, 0.6) is 0 Å². The lowest BCUT2D eigenvalue weighted by Gasteiger charge is -2.16. The molecule has 2 atom stereocenters. The first-order chi connectivity index (χ1) is 9.41. The molecule has 0 aliphatic heterocycles. The van der Waals surface area contributed by atoms with Crippen LogP contribution >= 0.6 is 11.3 Å². The van der Waals surface area contributed by atoms with Crippen molar-refractivity contribution in [1.29, 1.82) is 0 Å². The monoisotopic (exact) mass is 296 g/mol. The van der Waals surface area contributed by atoms with Crippen LogP contribution in [0.15, 0.2) is 0 Å². The van der Waals surface area contributed by atoms with E-state index in [0.29, 0.717) is 19.0 Å². The lowest BCUT2D eigenvalue weighted by Crippen LogP contribution is -2.34. The number of carbonyl (C=O) groups excluding carboxylic acids is 1. The maximum absolute atomic E-state index is 12.2. The molecule has 1 aromatic rings. The van der Waals surface area contributed by atoms with E-state index in [2.05, 4.69) is 36.3 Å². The summed E-state index contributed by atoms with van der Waals surface area (Å²) in [6.45, 7) is 7.41. The Hall–Kier alpha value is -1.01. The number of carbonyl (C=O) groups is 1. The number of hydrogen-bond donors (Lipinski definition) is 2. The maximum atomic E-state index is 12.2. The minimum Gasteiger partial charge on any atom is -0.349 e. The third-order valence-electron chi connectivity index (χ3n) is 3.82. The van der Waals surface area contributed by atoms with E-state index in [0.717, 1.165) is 29.3 Å². The van der Waals surface area contributed by atoms with Gasteiger partial charge in [-0.3, -0.25) is 4.79 Å². The zero-order chi connectivity index (χ0) is 14.8. The van der Waals surface area contributed by atoms with Gasteiger partial charge >= 0.3 is 0 Å². The van der Waals surface area contributed by atoms with Crippen LogP contribution in [-0.4, -0.2) is 22.6 Å². The van der Waals surface area contributed by atoms with Gasteiger partial charge in [0.2, 0.25) is 5.91 Å². The SMILES string of the molecule is CC(C)(C)c1nnc(CNC(=O)[C@@H]2CCC[C@@H]2CN)s1. The Bertz CT molecular complexity index is 466. The largest absolute Gasteiger partial charge is 0.349 e. The van der Waals surface area contributed by atoms with Crippen molar-refractivity contribution >= 4 is 17.2 Å². The number of hydrogen-bond acceptors (Lipinski definition) is 5. The van der Waals surface area contributed by atoms with Crippen molar-refractivity contribution in [3.63, 3.8) is 0 Å². The van der Waals surface area contributed by atoms with Crippen LogP contribution in [0.2, 0.25) is 0 Å². The fourth-order valence-electron chi connectivity index (χ4n) is 2.59. The fourth-order valence-corrected chi connectivity index (χ4v) is 3.42. The molecule has 0 unspecified atom stereocenters. The fraction of sp³-hybridized carbons (Fsp3) is 0.786. The molecule has 1 saturated carbocycles. The van der Waals surface area contributed by atoms with Gasteiger partial charge in [-0.2, -0.15) is 0 Å². The average Bonchev–Trinajstić information content (AvgIpc) is 3.03. The highest BCUT2D eigenvalue weighted by Crippen LogP contribution is 2.31. The summed E-state index contributed by atoms with van der Waals surface area (Å²) in [5.41, 5.74) is 5.73. The first-order valence-electron chi connectivity index (χ1n) is 7.22.